The summed E-state index contributed by atoms with van der Waals surface area (Å²) in [5.74, 6) is 0.0995. The fraction of sp³-hybridized carbons (Fsp3) is 0.647. The fourth-order valence-electron chi connectivity index (χ4n) is 3.51. The minimum absolute atomic E-state index is 0.00933. The van der Waals surface area contributed by atoms with Crippen molar-refractivity contribution in [3.63, 3.8) is 0 Å². The zero-order chi connectivity index (χ0) is 16.4. The topological polar surface area (TPSA) is 65.6 Å². The van der Waals surface area contributed by atoms with Crippen molar-refractivity contribution in [2.45, 2.75) is 26.7 Å². The number of ether oxygens (including phenoxy) is 1. The average Bonchev–Trinajstić information content (AvgIpc) is 2.93. The molecule has 0 unspecified atom stereocenters. The Morgan fingerprint density at radius 3 is 2.57 bits per heavy atom. The molecule has 1 aromatic rings. The van der Waals surface area contributed by atoms with Gasteiger partial charge in [-0.05, 0) is 38.3 Å². The Kier molecular flexibility index (Phi) is 4.71. The lowest BCUT2D eigenvalue weighted by Crippen LogP contribution is -2.49. The molecule has 126 valence electrons. The van der Waals surface area contributed by atoms with Gasteiger partial charge in [0.2, 0.25) is 5.91 Å². The van der Waals surface area contributed by atoms with Gasteiger partial charge in [0.25, 0.3) is 5.91 Å². The van der Waals surface area contributed by atoms with Crippen LogP contribution in [0.5, 0.6) is 0 Å². The number of piperidine rings is 1. The van der Waals surface area contributed by atoms with Gasteiger partial charge in [0.05, 0.1) is 19.1 Å². The summed E-state index contributed by atoms with van der Waals surface area (Å²) in [4.78, 5) is 32.2. The van der Waals surface area contributed by atoms with E-state index in [4.69, 9.17) is 4.74 Å². The molecule has 6 heteroatoms. The van der Waals surface area contributed by atoms with Crippen LogP contribution >= 0.6 is 0 Å². The Labute approximate surface area is 136 Å². The van der Waals surface area contributed by atoms with E-state index >= 15 is 0 Å². The summed E-state index contributed by atoms with van der Waals surface area (Å²) in [5, 5.41) is 0. The lowest BCUT2D eigenvalue weighted by Gasteiger charge is -2.36. The number of H-pyrrole nitrogens is 1. The molecular formula is C17H25N3O3. The summed E-state index contributed by atoms with van der Waals surface area (Å²) in [7, 11) is 0. The predicted octanol–water partition coefficient (Wildman–Crippen LogP) is 1.34. The van der Waals surface area contributed by atoms with Crippen molar-refractivity contribution >= 4 is 11.8 Å². The fourth-order valence-corrected chi connectivity index (χ4v) is 3.51. The number of nitrogens with one attached hydrogen (secondary N) is 1. The third-order valence-electron chi connectivity index (χ3n) is 4.74. The molecule has 2 amide bonds. The molecular weight excluding hydrogens is 294 g/mol. The highest BCUT2D eigenvalue weighted by Crippen LogP contribution is 2.22. The molecule has 2 aliphatic rings. The minimum Gasteiger partial charge on any atom is -0.378 e. The lowest BCUT2D eigenvalue weighted by atomic mass is 9.96. The Hall–Kier alpha value is -1.82. The molecule has 6 nitrogen and oxygen atoms in total. The number of morpholine rings is 1. The van der Waals surface area contributed by atoms with Crippen LogP contribution in [0.15, 0.2) is 6.07 Å². The van der Waals surface area contributed by atoms with Gasteiger partial charge in [0, 0.05) is 31.9 Å². The molecule has 23 heavy (non-hydrogen) atoms. The summed E-state index contributed by atoms with van der Waals surface area (Å²) in [6.07, 6.45) is 1.74. The van der Waals surface area contributed by atoms with Crippen LogP contribution in [0.25, 0.3) is 0 Å². The van der Waals surface area contributed by atoms with Gasteiger partial charge in [-0.15, -0.1) is 0 Å². The number of carbonyl (C=O) groups is 2. The molecule has 3 rings (SSSR count). The van der Waals surface area contributed by atoms with Crippen LogP contribution < -0.4 is 0 Å². The van der Waals surface area contributed by atoms with Gasteiger partial charge in [-0.25, -0.2) is 0 Å². The van der Waals surface area contributed by atoms with Crippen molar-refractivity contribution in [2.24, 2.45) is 5.92 Å². The van der Waals surface area contributed by atoms with Crippen LogP contribution in [-0.2, 0) is 9.53 Å². The van der Waals surface area contributed by atoms with Gasteiger partial charge in [0.1, 0.15) is 5.69 Å². The van der Waals surface area contributed by atoms with Crippen LogP contribution in [-0.4, -0.2) is 66.0 Å². The molecule has 0 saturated carbocycles. The second-order valence-corrected chi connectivity index (χ2v) is 6.54. The van der Waals surface area contributed by atoms with Gasteiger partial charge in [0.15, 0.2) is 0 Å². The number of amides is 2. The summed E-state index contributed by atoms with van der Waals surface area (Å²) in [6.45, 7) is 7.69. The maximum atomic E-state index is 12.7. The standard InChI is InChI=1S/C17H25N3O3/c1-12-10-13(2)18-15(12)17(22)20-5-3-4-14(11-20)16(21)19-6-8-23-9-7-19/h10,14,18H,3-9,11H2,1-2H3/t14-/m1/s1. The van der Waals surface area contributed by atoms with Crippen LogP contribution in [0.1, 0.15) is 34.6 Å². The van der Waals surface area contributed by atoms with Crippen LogP contribution in [0.3, 0.4) is 0 Å². The first-order valence-electron chi connectivity index (χ1n) is 8.38. The van der Waals surface area contributed by atoms with Gasteiger partial charge in [-0.2, -0.15) is 0 Å². The number of aryl methyl sites for hydroxylation is 2. The maximum absolute atomic E-state index is 12.7. The van der Waals surface area contributed by atoms with E-state index in [2.05, 4.69) is 4.98 Å². The number of hydrogen-bond acceptors (Lipinski definition) is 3. The molecule has 2 aliphatic heterocycles. The van der Waals surface area contributed by atoms with Crippen LogP contribution in [0.2, 0.25) is 0 Å². The van der Waals surface area contributed by atoms with Gasteiger partial charge < -0.3 is 19.5 Å². The molecule has 0 radical (unpaired) electrons. The van der Waals surface area contributed by atoms with E-state index in [0.717, 1.165) is 30.6 Å². The van der Waals surface area contributed by atoms with Gasteiger partial charge in [-0.3, -0.25) is 9.59 Å². The Morgan fingerprint density at radius 1 is 1.17 bits per heavy atom. The first kappa shape index (κ1) is 16.1. The highest BCUT2D eigenvalue weighted by atomic mass is 16.5. The predicted molar refractivity (Wildman–Crippen MR) is 86.3 cm³/mol. The largest absolute Gasteiger partial charge is 0.378 e. The van der Waals surface area contributed by atoms with E-state index in [9.17, 15) is 9.59 Å². The molecule has 1 aromatic heterocycles. The zero-order valence-electron chi connectivity index (χ0n) is 13.9. The first-order chi connectivity index (χ1) is 11.1. The lowest BCUT2D eigenvalue weighted by molar-refractivity contribution is -0.141. The van der Waals surface area contributed by atoms with Gasteiger partial charge in [-0.1, -0.05) is 0 Å². The number of aromatic nitrogens is 1. The molecule has 1 N–H and O–H groups in total. The summed E-state index contributed by atoms with van der Waals surface area (Å²) >= 11 is 0. The SMILES string of the molecule is Cc1cc(C)c(C(=O)N2CCC[C@@H](C(=O)N3CCOCC3)C2)[nH]1. The third kappa shape index (κ3) is 3.42. The number of nitrogens with zero attached hydrogens (tertiary/aromatic N) is 2. The van der Waals surface area contributed by atoms with Crippen molar-refractivity contribution in [3.8, 4) is 0 Å². The summed E-state index contributed by atoms with van der Waals surface area (Å²) in [5.41, 5.74) is 2.61. The van der Waals surface area contributed by atoms with Crippen LogP contribution in [0.4, 0.5) is 0 Å². The van der Waals surface area contributed by atoms with Crippen molar-refractivity contribution in [2.75, 3.05) is 39.4 Å². The number of rotatable bonds is 2. The first-order valence-corrected chi connectivity index (χ1v) is 8.38. The number of carbonyl (C=O) groups excluding carboxylic acids is 2. The smallest absolute Gasteiger partial charge is 0.270 e. The Bertz CT molecular complexity index is 590. The summed E-state index contributed by atoms with van der Waals surface area (Å²) < 4.78 is 5.31. The zero-order valence-corrected chi connectivity index (χ0v) is 13.9. The maximum Gasteiger partial charge on any atom is 0.270 e. The second kappa shape index (κ2) is 6.74. The van der Waals surface area contributed by atoms with E-state index < -0.39 is 0 Å². The molecule has 3 heterocycles. The molecule has 0 bridgehead atoms. The quantitative estimate of drug-likeness (QED) is 0.895. The number of aromatic amines is 1. The van der Waals surface area contributed by atoms with Crippen LogP contribution in [0, 0.1) is 19.8 Å². The van der Waals surface area contributed by atoms with Crippen molar-refractivity contribution < 1.29 is 14.3 Å². The van der Waals surface area contributed by atoms with E-state index in [0.29, 0.717) is 38.5 Å². The molecule has 2 fully saturated rings. The molecule has 0 aromatic carbocycles. The number of likely N-dealkylation sites (tertiary alicyclic amines) is 1. The molecule has 2 saturated heterocycles. The molecule has 0 aliphatic carbocycles. The Morgan fingerprint density at radius 2 is 1.91 bits per heavy atom. The molecule has 0 spiro atoms. The van der Waals surface area contributed by atoms with Gasteiger partial charge >= 0.3 is 0 Å². The van der Waals surface area contributed by atoms with E-state index in [1.165, 1.54) is 0 Å². The Balaban J connectivity index is 1.66. The monoisotopic (exact) mass is 319 g/mol. The van der Waals surface area contributed by atoms with Crippen molar-refractivity contribution in [3.05, 3.63) is 23.0 Å². The van der Waals surface area contributed by atoms with E-state index in [-0.39, 0.29) is 17.7 Å². The summed E-state index contributed by atoms with van der Waals surface area (Å²) in [6, 6.07) is 1.98. The second-order valence-electron chi connectivity index (χ2n) is 6.54. The van der Waals surface area contributed by atoms with Crippen molar-refractivity contribution in [1.29, 1.82) is 0 Å². The third-order valence-corrected chi connectivity index (χ3v) is 4.74. The highest BCUT2D eigenvalue weighted by Gasteiger charge is 2.32. The van der Waals surface area contributed by atoms with Crippen molar-refractivity contribution in [1.82, 2.24) is 14.8 Å². The number of hydrogen-bond donors (Lipinski definition) is 1. The normalized spacial score (nSPS) is 22.3. The van der Waals surface area contributed by atoms with E-state index in [1.54, 1.807) is 0 Å². The average molecular weight is 319 g/mol. The van der Waals surface area contributed by atoms with E-state index in [1.807, 2.05) is 29.7 Å². The molecule has 1 atom stereocenters. The highest BCUT2D eigenvalue weighted by molar-refractivity contribution is 5.94. The minimum atomic E-state index is -0.0813.